The van der Waals surface area contributed by atoms with Crippen LogP contribution < -0.4 is 10.1 Å². The third-order valence-corrected chi connectivity index (χ3v) is 5.10. The van der Waals surface area contributed by atoms with Crippen molar-refractivity contribution in [1.82, 2.24) is 25.2 Å². The first kappa shape index (κ1) is 18.0. The molecule has 0 saturated carbocycles. The first-order chi connectivity index (χ1) is 13.2. The van der Waals surface area contributed by atoms with Crippen LogP contribution in [0.5, 0.6) is 5.75 Å². The lowest BCUT2D eigenvalue weighted by Crippen LogP contribution is -2.45. The molecule has 3 aromatic rings. The van der Waals surface area contributed by atoms with Gasteiger partial charge in [0.2, 0.25) is 0 Å². The zero-order valence-corrected chi connectivity index (χ0v) is 15.9. The van der Waals surface area contributed by atoms with Gasteiger partial charge in [0.15, 0.2) is 0 Å². The number of ether oxygens (including phenoxy) is 1. The minimum atomic E-state index is 0.232. The van der Waals surface area contributed by atoms with Gasteiger partial charge in [0, 0.05) is 36.8 Å². The first-order valence-corrected chi connectivity index (χ1v) is 9.37. The molecule has 27 heavy (non-hydrogen) atoms. The van der Waals surface area contributed by atoms with Gasteiger partial charge in [0.1, 0.15) is 5.75 Å². The van der Waals surface area contributed by atoms with Crippen LogP contribution in [0.25, 0.3) is 5.69 Å². The summed E-state index contributed by atoms with van der Waals surface area (Å²) in [5, 5.41) is 12.8. The molecule has 1 saturated heterocycles. The SMILES string of the molecule is COc1ccccc1C1CNCCN1Cc1cn(-c2ccc(Cl)cc2)nn1. The normalized spacial score (nSPS) is 17.8. The summed E-state index contributed by atoms with van der Waals surface area (Å²) >= 11 is 5.96. The molecule has 0 spiro atoms. The first-order valence-electron chi connectivity index (χ1n) is 8.99. The van der Waals surface area contributed by atoms with Crippen LogP contribution in [0.1, 0.15) is 17.3 Å². The Morgan fingerprint density at radius 2 is 2.00 bits per heavy atom. The van der Waals surface area contributed by atoms with Gasteiger partial charge in [-0.2, -0.15) is 0 Å². The van der Waals surface area contributed by atoms with E-state index in [0.717, 1.165) is 43.3 Å². The molecule has 1 aliphatic rings. The number of hydrogen-bond donors (Lipinski definition) is 1. The maximum atomic E-state index is 5.96. The van der Waals surface area contributed by atoms with Crippen LogP contribution in [-0.4, -0.2) is 46.6 Å². The number of halogens is 1. The Bertz CT molecular complexity index is 895. The topological polar surface area (TPSA) is 55.2 Å². The van der Waals surface area contributed by atoms with Gasteiger partial charge >= 0.3 is 0 Å². The monoisotopic (exact) mass is 383 g/mol. The summed E-state index contributed by atoms with van der Waals surface area (Å²) in [6.07, 6.45) is 1.98. The molecule has 0 amide bonds. The van der Waals surface area contributed by atoms with Crippen molar-refractivity contribution in [3.05, 3.63) is 71.0 Å². The highest BCUT2D eigenvalue weighted by atomic mass is 35.5. The van der Waals surface area contributed by atoms with Gasteiger partial charge in [-0.1, -0.05) is 35.0 Å². The van der Waals surface area contributed by atoms with E-state index >= 15 is 0 Å². The molecule has 1 aliphatic heterocycles. The number of benzene rings is 2. The Labute approximate surface area is 163 Å². The molecule has 1 unspecified atom stereocenters. The molecule has 1 atom stereocenters. The summed E-state index contributed by atoms with van der Waals surface area (Å²) < 4.78 is 7.36. The summed E-state index contributed by atoms with van der Waals surface area (Å²) in [6, 6.07) is 16.0. The Hall–Kier alpha value is -2.41. The van der Waals surface area contributed by atoms with Gasteiger partial charge in [-0.15, -0.1) is 5.10 Å². The minimum absolute atomic E-state index is 0.232. The van der Waals surface area contributed by atoms with Gasteiger partial charge in [-0.3, -0.25) is 4.90 Å². The molecular weight excluding hydrogens is 362 g/mol. The molecule has 1 fully saturated rings. The molecule has 1 N–H and O–H groups in total. The Kier molecular flexibility index (Phi) is 5.38. The van der Waals surface area contributed by atoms with Crippen molar-refractivity contribution in [1.29, 1.82) is 0 Å². The quantitative estimate of drug-likeness (QED) is 0.733. The van der Waals surface area contributed by atoms with Crippen LogP contribution in [0.4, 0.5) is 0 Å². The molecule has 0 bridgehead atoms. The molecule has 4 rings (SSSR count). The zero-order valence-electron chi connectivity index (χ0n) is 15.2. The van der Waals surface area contributed by atoms with Crippen molar-refractivity contribution in [3.8, 4) is 11.4 Å². The average Bonchev–Trinajstić information content (AvgIpc) is 3.17. The Morgan fingerprint density at radius 3 is 2.81 bits per heavy atom. The predicted molar refractivity (Wildman–Crippen MR) is 105 cm³/mol. The Morgan fingerprint density at radius 1 is 1.19 bits per heavy atom. The van der Waals surface area contributed by atoms with E-state index in [1.165, 1.54) is 5.56 Å². The second-order valence-corrected chi connectivity index (χ2v) is 7.00. The lowest BCUT2D eigenvalue weighted by molar-refractivity contribution is 0.149. The third-order valence-electron chi connectivity index (χ3n) is 4.85. The number of nitrogens with one attached hydrogen (secondary N) is 1. The van der Waals surface area contributed by atoms with E-state index in [-0.39, 0.29) is 6.04 Å². The van der Waals surface area contributed by atoms with Crippen molar-refractivity contribution in [2.45, 2.75) is 12.6 Å². The van der Waals surface area contributed by atoms with Crippen molar-refractivity contribution < 1.29 is 4.74 Å². The molecule has 0 aliphatic carbocycles. The second kappa shape index (κ2) is 8.08. The van der Waals surface area contributed by atoms with Crippen molar-refractivity contribution in [3.63, 3.8) is 0 Å². The van der Waals surface area contributed by atoms with Gasteiger partial charge in [0.25, 0.3) is 0 Å². The van der Waals surface area contributed by atoms with E-state index < -0.39 is 0 Å². The highest BCUT2D eigenvalue weighted by Gasteiger charge is 2.26. The maximum absolute atomic E-state index is 5.96. The van der Waals surface area contributed by atoms with E-state index in [2.05, 4.69) is 32.7 Å². The fourth-order valence-electron chi connectivity index (χ4n) is 3.48. The lowest BCUT2D eigenvalue weighted by atomic mass is 10.0. The van der Waals surface area contributed by atoms with Crippen molar-refractivity contribution in [2.24, 2.45) is 0 Å². The van der Waals surface area contributed by atoms with Crippen LogP contribution in [0.2, 0.25) is 5.02 Å². The van der Waals surface area contributed by atoms with E-state index in [1.807, 2.05) is 42.6 Å². The van der Waals surface area contributed by atoms with Crippen LogP contribution in [-0.2, 0) is 6.54 Å². The molecule has 2 heterocycles. The number of aromatic nitrogens is 3. The molecule has 0 radical (unpaired) electrons. The fourth-order valence-corrected chi connectivity index (χ4v) is 3.61. The number of nitrogens with zero attached hydrogens (tertiary/aromatic N) is 4. The maximum Gasteiger partial charge on any atom is 0.123 e. The third kappa shape index (κ3) is 3.98. The van der Waals surface area contributed by atoms with Gasteiger partial charge in [-0.25, -0.2) is 4.68 Å². The van der Waals surface area contributed by atoms with Crippen LogP contribution >= 0.6 is 11.6 Å². The minimum Gasteiger partial charge on any atom is -0.496 e. The summed E-state index contributed by atoms with van der Waals surface area (Å²) in [5.41, 5.74) is 3.07. The standard InChI is InChI=1S/C20H22ClN5O/c1-27-20-5-3-2-4-18(20)19-12-22-10-11-25(19)13-16-14-26(24-23-16)17-8-6-15(21)7-9-17/h2-9,14,19,22H,10-13H2,1H3. The second-order valence-electron chi connectivity index (χ2n) is 6.56. The highest BCUT2D eigenvalue weighted by Crippen LogP contribution is 2.30. The average molecular weight is 384 g/mol. The zero-order chi connectivity index (χ0) is 18.6. The summed E-state index contributed by atoms with van der Waals surface area (Å²) in [4.78, 5) is 2.42. The number of methoxy groups -OCH3 is 1. The van der Waals surface area contributed by atoms with Crippen molar-refractivity contribution in [2.75, 3.05) is 26.7 Å². The Balaban J connectivity index is 1.54. The highest BCUT2D eigenvalue weighted by molar-refractivity contribution is 6.30. The van der Waals surface area contributed by atoms with E-state index in [0.29, 0.717) is 5.02 Å². The van der Waals surface area contributed by atoms with Crippen LogP contribution in [0, 0.1) is 0 Å². The largest absolute Gasteiger partial charge is 0.496 e. The summed E-state index contributed by atoms with van der Waals surface area (Å²) in [6.45, 7) is 3.51. The van der Waals surface area contributed by atoms with Crippen LogP contribution in [0.3, 0.4) is 0 Å². The van der Waals surface area contributed by atoms with Crippen LogP contribution in [0.15, 0.2) is 54.7 Å². The van der Waals surface area contributed by atoms with E-state index in [4.69, 9.17) is 16.3 Å². The van der Waals surface area contributed by atoms with E-state index in [1.54, 1.807) is 11.8 Å². The van der Waals surface area contributed by atoms with Gasteiger partial charge in [0.05, 0.1) is 30.7 Å². The molecule has 1 aromatic heterocycles. The van der Waals surface area contributed by atoms with Gasteiger partial charge < -0.3 is 10.1 Å². The smallest absolute Gasteiger partial charge is 0.123 e. The number of rotatable bonds is 5. The number of hydrogen-bond acceptors (Lipinski definition) is 5. The molecule has 7 heteroatoms. The van der Waals surface area contributed by atoms with E-state index in [9.17, 15) is 0 Å². The predicted octanol–water partition coefficient (Wildman–Crippen LogP) is 3.08. The number of para-hydroxylation sites is 1. The lowest BCUT2D eigenvalue weighted by Gasteiger charge is -2.36. The number of piperazine rings is 1. The fraction of sp³-hybridized carbons (Fsp3) is 0.300. The molecule has 2 aromatic carbocycles. The molecular formula is C20H22ClN5O. The summed E-state index contributed by atoms with van der Waals surface area (Å²) in [5.74, 6) is 0.918. The molecule has 6 nitrogen and oxygen atoms in total. The van der Waals surface area contributed by atoms with Gasteiger partial charge in [-0.05, 0) is 30.3 Å². The molecule has 140 valence electrons. The van der Waals surface area contributed by atoms with Crippen molar-refractivity contribution >= 4 is 11.6 Å². The summed E-state index contributed by atoms with van der Waals surface area (Å²) in [7, 11) is 1.72.